The summed E-state index contributed by atoms with van der Waals surface area (Å²) in [5, 5.41) is 0. The topological polar surface area (TPSA) is 26.0 Å². The van der Waals surface area contributed by atoms with Crippen LogP contribution in [0.3, 0.4) is 0 Å². The fraction of sp³-hybridized carbons (Fsp3) is 0.250. The molecule has 0 atom stereocenters. The fourth-order valence-corrected chi connectivity index (χ4v) is 2.45. The van der Waals surface area contributed by atoms with E-state index in [2.05, 4.69) is 65.3 Å². The third-order valence-corrected chi connectivity index (χ3v) is 3.65. The molecule has 2 aromatic carbocycles. The SMILES string of the molecule is Cc1ccc(Br)cc1Cc1ccc(CCN)cc1. The zero-order valence-electron chi connectivity index (χ0n) is 10.6. The molecule has 94 valence electrons. The Balaban J connectivity index is 2.15. The number of benzene rings is 2. The minimum atomic E-state index is 0.712. The second-order valence-corrected chi connectivity index (χ2v) is 5.52. The summed E-state index contributed by atoms with van der Waals surface area (Å²) in [4.78, 5) is 0. The number of aryl methyl sites for hydroxylation is 1. The second-order valence-electron chi connectivity index (χ2n) is 4.60. The maximum Gasteiger partial charge on any atom is 0.0178 e. The van der Waals surface area contributed by atoms with E-state index in [-0.39, 0.29) is 0 Å². The number of halogens is 1. The molecule has 0 heterocycles. The quantitative estimate of drug-likeness (QED) is 0.912. The number of rotatable bonds is 4. The predicted octanol–water partition coefficient (Wildman–Crippen LogP) is 3.85. The molecule has 0 amide bonds. The van der Waals surface area contributed by atoms with Crippen LogP contribution in [0.2, 0.25) is 0 Å². The lowest BCUT2D eigenvalue weighted by atomic mass is 9.99. The molecule has 0 aliphatic carbocycles. The van der Waals surface area contributed by atoms with Gasteiger partial charge in [0.25, 0.3) is 0 Å². The van der Waals surface area contributed by atoms with Gasteiger partial charge in [0.05, 0.1) is 0 Å². The maximum atomic E-state index is 5.55. The molecule has 0 radical (unpaired) electrons. The Kier molecular flexibility index (Phi) is 4.56. The van der Waals surface area contributed by atoms with Crippen molar-refractivity contribution in [2.24, 2.45) is 5.73 Å². The van der Waals surface area contributed by atoms with Gasteiger partial charge in [-0.1, -0.05) is 46.3 Å². The summed E-state index contributed by atoms with van der Waals surface area (Å²) in [5.74, 6) is 0. The predicted molar refractivity (Wildman–Crippen MR) is 80.9 cm³/mol. The first-order valence-electron chi connectivity index (χ1n) is 6.22. The highest BCUT2D eigenvalue weighted by atomic mass is 79.9. The van der Waals surface area contributed by atoms with Crippen molar-refractivity contribution in [1.29, 1.82) is 0 Å². The van der Waals surface area contributed by atoms with Crippen LogP contribution in [0.4, 0.5) is 0 Å². The Morgan fingerprint density at radius 1 is 1.00 bits per heavy atom. The van der Waals surface area contributed by atoms with Crippen molar-refractivity contribution in [2.75, 3.05) is 6.54 Å². The number of hydrogen-bond acceptors (Lipinski definition) is 1. The van der Waals surface area contributed by atoms with E-state index < -0.39 is 0 Å². The summed E-state index contributed by atoms with van der Waals surface area (Å²) in [7, 11) is 0. The van der Waals surface area contributed by atoms with Gasteiger partial charge in [-0.2, -0.15) is 0 Å². The van der Waals surface area contributed by atoms with Crippen molar-refractivity contribution < 1.29 is 0 Å². The lowest BCUT2D eigenvalue weighted by molar-refractivity contribution is 0.966. The summed E-state index contributed by atoms with van der Waals surface area (Å²) in [6.45, 7) is 2.87. The van der Waals surface area contributed by atoms with E-state index in [0.717, 1.165) is 17.3 Å². The molecule has 0 aliphatic heterocycles. The van der Waals surface area contributed by atoms with Crippen molar-refractivity contribution in [2.45, 2.75) is 19.8 Å². The van der Waals surface area contributed by atoms with Gasteiger partial charge in [-0.05, 0) is 60.7 Å². The molecule has 0 unspecified atom stereocenters. The molecule has 0 fully saturated rings. The monoisotopic (exact) mass is 303 g/mol. The largest absolute Gasteiger partial charge is 0.330 e. The molecule has 0 bridgehead atoms. The van der Waals surface area contributed by atoms with Crippen LogP contribution in [-0.4, -0.2) is 6.54 Å². The van der Waals surface area contributed by atoms with E-state index in [4.69, 9.17) is 5.73 Å². The van der Waals surface area contributed by atoms with Crippen LogP contribution in [0, 0.1) is 6.92 Å². The number of hydrogen-bond donors (Lipinski definition) is 1. The second kappa shape index (κ2) is 6.17. The van der Waals surface area contributed by atoms with Crippen LogP contribution in [0.1, 0.15) is 22.3 Å². The fourth-order valence-electron chi connectivity index (χ4n) is 2.04. The Morgan fingerprint density at radius 3 is 2.33 bits per heavy atom. The van der Waals surface area contributed by atoms with Gasteiger partial charge in [-0.3, -0.25) is 0 Å². The van der Waals surface area contributed by atoms with Gasteiger partial charge in [0, 0.05) is 4.47 Å². The summed E-state index contributed by atoms with van der Waals surface area (Å²) in [6, 6.07) is 15.2. The van der Waals surface area contributed by atoms with Crippen LogP contribution in [0.15, 0.2) is 46.9 Å². The van der Waals surface area contributed by atoms with Crippen molar-refractivity contribution in [3.63, 3.8) is 0 Å². The molecule has 0 aromatic heterocycles. The van der Waals surface area contributed by atoms with Crippen LogP contribution in [-0.2, 0) is 12.8 Å². The first-order chi connectivity index (χ1) is 8.69. The summed E-state index contributed by atoms with van der Waals surface area (Å²) >= 11 is 3.53. The van der Waals surface area contributed by atoms with Crippen molar-refractivity contribution in [1.82, 2.24) is 0 Å². The normalized spacial score (nSPS) is 10.6. The zero-order valence-corrected chi connectivity index (χ0v) is 12.2. The van der Waals surface area contributed by atoms with E-state index in [1.807, 2.05) is 0 Å². The van der Waals surface area contributed by atoms with Gasteiger partial charge >= 0.3 is 0 Å². The molecular weight excluding hydrogens is 286 g/mol. The van der Waals surface area contributed by atoms with E-state index in [0.29, 0.717) is 6.54 Å². The van der Waals surface area contributed by atoms with Gasteiger partial charge in [0.1, 0.15) is 0 Å². The van der Waals surface area contributed by atoms with Gasteiger partial charge in [-0.25, -0.2) is 0 Å². The average molecular weight is 304 g/mol. The molecule has 2 aromatic rings. The van der Waals surface area contributed by atoms with Gasteiger partial charge in [0.2, 0.25) is 0 Å². The van der Waals surface area contributed by atoms with E-state index in [1.165, 1.54) is 22.3 Å². The molecule has 0 aliphatic rings. The highest BCUT2D eigenvalue weighted by Gasteiger charge is 2.01. The van der Waals surface area contributed by atoms with Gasteiger partial charge < -0.3 is 5.73 Å². The summed E-state index contributed by atoms with van der Waals surface area (Å²) in [6.07, 6.45) is 1.93. The van der Waals surface area contributed by atoms with E-state index in [9.17, 15) is 0 Å². The Labute approximate surface area is 117 Å². The average Bonchev–Trinajstić information content (AvgIpc) is 2.37. The first kappa shape index (κ1) is 13.3. The molecule has 2 heteroatoms. The highest BCUT2D eigenvalue weighted by molar-refractivity contribution is 9.10. The molecular formula is C16H18BrN. The van der Waals surface area contributed by atoms with Gasteiger partial charge in [-0.15, -0.1) is 0 Å². The minimum absolute atomic E-state index is 0.712. The van der Waals surface area contributed by atoms with Crippen LogP contribution in [0.5, 0.6) is 0 Å². The molecule has 2 N–H and O–H groups in total. The lowest BCUT2D eigenvalue weighted by Crippen LogP contribution is -2.02. The van der Waals surface area contributed by atoms with Crippen LogP contribution < -0.4 is 5.73 Å². The van der Waals surface area contributed by atoms with E-state index in [1.54, 1.807) is 0 Å². The summed E-state index contributed by atoms with van der Waals surface area (Å²) in [5.41, 5.74) is 10.9. The Hall–Kier alpha value is -1.12. The van der Waals surface area contributed by atoms with Crippen molar-refractivity contribution >= 4 is 15.9 Å². The van der Waals surface area contributed by atoms with Crippen molar-refractivity contribution in [3.05, 3.63) is 69.2 Å². The molecule has 1 nitrogen and oxygen atoms in total. The van der Waals surface area contributed by atoms with Crippen molar-refractivity contribution in [3.8, 4) is 0 Å². The third-order valence-electron chi connectivity index (χ3n) is 3.16. The molecule has 2 rings (SSSR count). The molecule has 0 saturated heterocycles. The molecule has 18 heavy (non-hydrogen) atoms. The van der Waals surface area contributed by atoms with Crippen LogP contribution in [0.25, 0.3) is 0 Å². The Bertz CT molecular complexity index is 517. The summed E-state index contributed by atoms with van der Waals surface area (Å²) < 4.78 is 1.14. The van der Waals surface area contributed by atoms with E-state index >= 15 is 0 Å². The first-order valence-corrected chi connectivity index (χ1v) is 7.01. The van der Waals surface area contributed by atoms with Gasteiger partial charge in [0.15, 0.2) is 0 Å². The lowest BCUT2D eigenvalue weighted by Gasteiger charge is -2.07. The third kappa shape index (κ3) is 3.44. The van der Waals surface area contributed by atoms with Crippen LogP contribution >= 0.6 is 15.9 Å². The number of nitrogens with two attached hydrogens (primary N) is 1. The molecule has 0 spiro atoms. The minimum Gasteiger partial charge on any atom is -0.330 e. The zero-order chi connectivity index (χ0) is 13.0. The molecule has 0 saturated carbocycles. The maximum absolute atomic E-state index is 5.55. The standard InChI is InChI=1S/C16H18BrN/c1-12-2-7-16(17)11-15(12)10-14-5-3-13(4-6-14)8-9-18/h2-7,11H,8-10,18H2,1H3. The smallest absolute Gasteiger partial charge is 0.0178 e. The highest BCUT2D eigenvalue weighted by Crippen LogP contribution is 2.19. The Morgan fingerprint density at radius 2 is 1.67 bits per heavy atom.